The normalized spacial score (nSPS) is 12.7. The number of nitrogens with zero attached hydrogens (tertiary/aromatic N) is 2. The number of thiazole rings is 1. The van der Waals surface area contributed by atoms with Crippen LogP contribution in [0.25, 0.3) is 0 Å². The van der Waals surface area contributed by atoms with Gasteiger partial charge in [-0.3, -0.25) is 0 Å². The van der Waals surface area contributed by atoms with E-state index in [1.54, 1.807) is 11.3 Å². The molecule has 0 fully saturated rings. The summed E-state index contributed by atoms with van der Waals surface area (Å²) in [5, 5.41) is 7.64. The lowest BCUT2D eigenvalue weighted by Gasteiger charge is -2.17. The molecule has 1 aromatic carbocycles. The third-order valence-corrected chi connectivity index (χ3v) is 4.68. The molecule has 0 aliphatic carbocycles. The quantitative estimate of drug-likeness (QED) is 0.558. The number of nitrogens with one attached hydrogen (secondary N) is 2. The Bertz CT molecular complexity index is 684. The molecule has 136 valence electrons. The maximum atomic E-state index is 5.95. The molecule has 6 heteroatoms. The van der Waals surface area contributed by atoms with E-state index in [9.17, 15) is 0 Å². The van der Waals surface area contributed by atoms with Crippen LogP contribution in [0, 0.1) is 6.92 Å². The van der Waals surface area contributed by atoms with Crippen molar-refractivity contribution >= 4 is 17.3 Å². The Morgan fingerprint density at radius 2 is 2.16 bits per heavy atom. The van der Waals surface area contributed by atoms with Crippen molar-refractivity contribution in [3.8, 4) is 5.75 Å². The van der Waals surface area contributed by atoms with Gasteiger partial charge in [-0.2, -0.15) is 0 Å². The fourth-order valence-corrected chi connectivity index (χ4v) is 3.06. The SMILES string of the molecule is CCNC(=NCc1ncc(CC)s1)NCC(C)Oc1cccc(C)c1. The molecule has 1 unspecified atom stereocenters. The zero-order valence-electron chi connectivity index (χ0n) is 15.5. The van der Waals surface area contributed by atoms with Gasteiger partial charge in [-0.25, -0.2) is 9.98 Å². The monoisotopic (exact) mass is 360 g/mol. The van der Waals surface area contributed by atoms with Crippen LogP contribution in [0.1, 0.15) is 36.2 Å². The summed E-state index contributed by atoms with van der Waals surface area (Å²) in [5.41, 5.74) is 1.20. The minimum atomic E-state index is 0.0391. The summed E-state index contributed by atoms with van der Waals surface area (Å²) in [4.78, 5) is 10.3. The first kappa shape index (κ1) is 19.2. The number of aromatic nitrogens is 1. The zero-order valence-corrected chi connectivity index (χ0v) is 16.3. The van der Waals surface area contributed by atoms with E-state index in [0.717, 1.165) is 29.7 Å². The lowest BCUT2D eigenvalue weighted by molar-refractivity contribution is 0.223. The van der Waals surface area contributed by atoms with Crippen LogP contribution in [0.5, 0.6) is 5.75 Å². The Morgan fingerprint density at radius 1 is 1.32 bits per heavy atom. The van der Waals surface area contributed by atoms with E-state index in [0.29, 0.717) is 13.1 Å². The van der Waals surface area contributed by atoms with E-state index < -0.39 is 0 Å². The Labute approximate surface area is 154 Å². The smallest absolute Gasteiger partial charge is 0.191 e. The first-order valence-electron chi connectivity index (χ1n) is 8.79. The van der Waals surface area contributed by atoms with E-state index in [-0.39, 0.29) is 6.10 Å². The molecule has 1 atom stereocenters. The molecule has 0 radical (unpaired) electrons. The van der Waals surface area contributed by atoms with Gasteiger partial charge in [-0.15, -0.1) is 11.3 Å². The molecular formula is C19H28N4OS. The number of hydrogen-bond acceptors (Lipinski definition) is 4. The molecule has 2 N–H and O–H groups in total. The van der Waals surface area contributed by atoms with Gasteiger partial charge < -0.3 is 15.4 Å². The highest BCUT2D eigenvalue weighted by atomic mass is 32.1. The van der Waals surface area contributed by atoms with E-state index in [2.05, 4.69) is 47.4 Å². The van der Waals surface area contributed by atoms with Gasteiger partial charge in [-0.05, 0) is 44.9 Å². The van der Waals surface area contributed by atoms with Crippen molar-refractivity contribution in [1.29, 1.82) is 0 Å². The number of aryl methyl sites for hydroxylation is 2. The molecule has 0 bridgehead atoms. The van der Waals surface area contributed by atoms with Crippen LogP contribution in [-0.2, 0) is 13.0 Å². The Kier molecular flexibility index (Phi) is 7.73. The highest BCUT2D eigenvalue weighted by Crippen LogP contribution is 2.15. The van der Waals surface area contributed by atoms with Crippen LogP contribution in [0.4, 0.5) is 0 Å². The van der Waals surface area contributed by atoms with Crippen molar-refractivity contribution in [2.45, 2.75) is 46.8 Å². The van der Waals surface area contributed by atoms with E-state index >= 15 is 0 Å². The number of aliphatic imine (C=N–C) groups is 1. The maximum absolute atomic E-state index is 5.95. The third-order valence-electron chi connectivity index (χ3n) is 3.55. The minimum Gasteiger partial charge on any atom is -0.489 e. The largest absolute Gasteiger partial charge is 0.489 e. The molecule has 1 aromatic heterocycles. The van der Waals surface area contributed by atoms with Crippen LogP contribution in [0.15, 0.2) is 35.5 Å². The van der Waals surface area contributed by atoms with Crippen molar-refractivity contribution in [3.05, 3.63) is 45.9 Å². The van der Waals surface area contributed by atoms with Crippen LogP contribution >= 0.6 is 11.3 Å². The van der Waals surface area contributed by atoms with Gasteiger partial charge in [0.1, 0.15) is 16.9 Å². The van der Waals surface area contributed by atoms with Crippen molar-refractivity contribution in [2.24, 2.45) is 4.99 Å². The number of ether oxygens (including phenoxy) is 1. The van der Waals surface area contributed by atoms with Gasteiger partial charge in [0.25, 0.3) is 0 Å². The van der Waals surface area contributed by atoms with Crippen LogP contribution in [0.2, 0.25) is 0 Å². The molecule has 0 aliphatic rings. The predicted octanol–water partition coefficient (Wildman–Crippen LogP) is 3.54. The number of rotatable bonds is 8. The van der Waals surface area contributed by atoms with Gasteiger partial charge in [0.05, 0.1) is 13.1 Å². The molecule has 0 saturated carbocycles. The van der Waals surface area contributed by atoms with Crippen LogP contribution in [-0.4, -0.2) is 30.1 Å². The average Bonchev–Trinajstić information content (AvgIpc) is 3.05. The lowest BCUT2D eigenvalue weighted by atomic mass is 10.2. The summed E-state index contributed by atoms with van der Waals surface area (Å²) >= 11 is 1.72. The van der Waals surface area contributed by atoms with E-state index in [1.807, 2.05) is 31.3 Å². The molecule has 0 aliphatic heterocycles. The third kappa shape index (κ3) is 6.74. The first-order chi connectivity index (χ1) is 12.1. The molecule has 0 spiro atoms. The summed E-state index contributed by atoms with van der Waals surface area (Å²) in [5.74, 6) is 1.68. The molecule has 25 heavy (non-hydrogen) atoms. The van der Waals surface area contributed by atoms with Gasteiger partial charge >= 0.3 is 0 Å². The summed E-state index contributed by atoms with van der Waals surface area (Å²) in [6.07, 6.45) is 3.00. The number of benzene rings is 1. The highest BCUT2D eigenvalue weighted by molar-refractivity contribution is 7.11. The summed E-state index contributed by atoms with van der Waals surface area (Å²) in [6.45, 7) is 10.4. The number of hydrogen-bond donors (Lipinski definition) is 2. The first-order valence-corrected chi connectivity index (χ1v) is 9.61. The Morgan fingerprint density at radius 3 is 2.84 bits per heavy atom. The van der Waals surface area contributed by atoms with Crippen molar-refractivity contribution in [1.82, 2.24) is 15.6 Å². The molecule has 2 aromatic rings. The standard InChI is InChI=1S/C19H28N4OS/c1-5-17-12-21-18(25-17)13-23-19(20-6-2)22-11-15(4)24-16-9-7-8-14(3)10-16/h7-10,12,15H,5-6,11,13H2,1-4H3,(H2,20,22,23). The van der Waals surface area contributed by atoms with Gasteiger partial charge in [0.2, 0.25) is 0 Å². The second-order valence-electron chi connectivity index (χ2n) is 5.89. The molecule has 2 rings (SSSR count). The molecule has 0 saturated heterocycles. The van der Waals surface area contributed by atoms with E-state index in [4.69, 9.17) is 4.74 Å². The average molecular weight is 361 g/mol. The Hall–Kier alpha value is -2.08. The van der Waals surface area contributed by atoms with Gasteiger partial charge in [0, 0.05) is 17.6 Å². The fraction of sp³-hybridized carbons (Fsp3) is 0.474. The molecule has 1 heterocycles. The molecule has 0 amide bonds. The summed E-state index contributed by atoms with van der Waals surface area (Å²) < 4.78 is 5.95. The summed E-state index contributed by atoms with van der Waals surface area (Å²) in [6, 6.07) is 8.10. The maximum Gasteiger partial charge on any atom is 0.191 e. The van der Waals surface area contributed by atoms with Crippen molar-refractivity contribution in [2.75, 3.05) is 13.1 Å². The second-order valence-corrected chi connectivity index (χ2v) is 7.09. The Balaban J connectivity index is 1.86. The molecule has 5 nitrogen and oxygen atoms in total. The van der Waals surface area contributed by atoms with Crippen molar-refractivity contribution < 1.29 is 4.74 Å². The van der Waals surface area contributed by atoms with Crippen LogP contribution < -0.4 is 15.4 Å². The van der Waals surface area contributed by atoms with Crippen LogP contribution in [0.3, 0.4) is 0 Å². The fourth-order valence-electron chi connectivity index (χ4n) is 2.28. The highest BCUT2D eigenvalue weighted by Gasteiger charge is 2.06. The minimum absolute atomic E-state index is 0.0391. The number of guanidine groups is 1. The predicted molar refractivity (Wildman–Crippen MR) is 106 cm³/mol. The lowest BCUT2D eigenvalue weighted by Crippen LogP contribution is -2.41. The topological polar surface area (TPSA) is 58.5 Å². The van der Waals surface area contributed by atoms with Gasteiger partial charge in [0.15, 0.2) is 5.96 Å². The summed E-state index contributed by atoms with van der Waals surface area (Å²) in [7, 11) is 0. The zero-order chi connectivity index (χ0) is 18.1. The van der Waals surface area contributed by atoms with Crippen molar-refractivity contribution in [3.63, 3.8) is 0 Å². The van der Waals surface area contributed by atoms with Gasteiger partial charge in [-0.1, -0.05) is 19.1 Å². The van der Waals surface area contributed by atoms with E-state index in [1.165, 1.54) is 10.4 Å². The second kappa shape index (κ2) is 10.0. The molecular weight excluding hydrogens is 332 g/mol.